The van der Waals surface area contributed by atoms with Crippen molar-refractivity contribution in [2.75, 3.05) is 76.4 Å². The molecule has 0 saturated carbocycles. The fourth-order valence-electron chi connectivity index (χ4n) is 4.43. The normalized spacial score (nSPS) is 27.4. The lowest BCUT2D eigenvalue weighted by Gasteiger charge is -2.49. The minimum absolute atomic E-state index is 0.0878. The Labute approximate surface area is 165 Å². The molecular formula is C19H29FN6O2. The van der Waals surface area contributed by atoms with Gasteiger partial charge in [-0.15, -0.1) is 0 Å². The summed E-state index contributed by atoms with van der Waals surface area (Å²) >= 11 is 0. The summed E-state index contributed by atoms with van der Waals surface area (Å²) in [5.74, 6) is 0.738. The van der Waals surface area contributed by atoms with Crippen molar-refractivity contribution in [3.63, 3.8) is 0 Å². The molecule has 1 amide bonds. The number of carbonyl (C=O) groups excluding carboxylic acids is 1. The van der Waals surface area contributed by atoms with Gasteiger partial charge in [-0.3, -0.25) is 9.69 Å². The molecule has 0 unspecified atom stereocenters. The first kappa shape index (κ1) is 19.3. The first-order chi connectivity index (χ1) is 13.5. The minimum atomic E-state index is -0.392. The molecule has 1 atom stereocenters. The van der Waals surface area contributed by atoms with E-state index in [9.17, 15) is 9.18 Å². The summed E-state index contributed by atoms with van der Waals surface area (Å²) in [6, 6.07) is 0. The number of morpholine rings is 1. The van der Waals surface area contributed by atoms with Gasteiger partial charge in [-0.1, -0.05) is 0 Å². The van der Waals surface area contributed by atoms with Crippen LogP contribution in [0.25, 0.3) is 0 Å². The molecule has 1 aromatic heterocycles. The van der Waals surface area contributed by atoms with Gasteiger partial charge >= 0.3 is 0 Å². The molecule has 154 valence electrons. The summed E-state index contributed by atoms with van der Waals surface area (Å²) in [5, 5.41) is 0. The third-order valence-electron chi connectivity index (χ3n) is 6.45. The smallest absolute Gasteiger partial charge is 0.227 e. The quantitative estimate of drug-likeness (QED) is 0.730. The van der Waals surface area contributed by atoms with Crippen molar-refractivity contribution in [3.05, 3.63) is 12.0 Å². The molecule has 9 heteroatoms. The summed E-state index contributed by atoms with van der Waals surface area (Å²) in [4.78, 5) is 29.3. The monoisotopic (exact) mass is 392 g/mol. The molecule has 4 rings (SSSR count). The Balaban J connectivity index is 1.57. The number of ether oxygens (including phenoxy) is 1. The SMILES string of the molecule is CN1CC[C@]2(CCC1=O)CN(c1ncc(F)c(N3CCOCC3)n1)CCN2C. The van der Waals surface area contributed by atoms with E-state index in [0.29, 0.717) is 44.5 Å². The minimum Gasteiger partial charge on any atom is -0.378 e. The van der Waals surface area contributed by atoms with Crippen molar-refractivity contribution in [1.29, 1.82) is 0 Å². The molecular weight excluding hydrogens is 363 g/mol. The Morgan fingerprint density at radius 1 is 1.07 bits per heavy atom. The predicted octanol–water partition coefficient (Wildman–Crippen LogP) is 0.585. The Morgan fingerprint density at radius 3 is 2.64 bits per heavy atom. The van der Waals surface area contributed by atoms with Crippen molar-refractivity contribution in [2.24, 2.45) is 0 Å². The zero-order valence-corrected chi connectivity index (χ0v) is 16.7. The first-order valence-corrected chi connectivity index (χ1v) is 10.0. The molecule has 1 spiro atoms. The van der Waals surface area contributed by atoms with Crippen LogP contribution in [0.2, 0.25) is 0 Å². The number of likely N-dealkylation sites (N-methyl/N-ethyl adjacent to an activating group) is 1. The molecule has 0 aromatic carbocycles. The van der Waals surface area contributed by atoms with Crippen LogP contribution in [0.5, 0.6) is 0 Å². The average Bonchev–Trinajstić information content (AvgIpc) is 2.86. The second-order valence-corrected chi connectivity index (χ2v) is 8.07. The lowest BCUT2D eigenvalue weighted by molar-refractivity contribution is -0.129. The summed E-state index contributed by atoms with van der Waals surface area (Å²) in [7, 11) is 4.01. The fourth-order valence-corrected chi connectivity index (χ4v) is 4.43. The van der Waals surface area contributed by atoms with Gasteiger partial charge in [-0.05, 0) is 19.9 Å². The predicted molar refractivity (Wildman–Crippen MR) is 104 cm³/mol. The van der Waals surface area contributed by atoms with E-state index >= 15 is 0 Å². The van der Waals surface area contributed by atoms with Crippen LogP contribution in [0.3, 0.4) is 0 Å². The number of nitrogens with zero attached hydrogens (tertiary/aromatic N) is 6. The van der Waals surface area contributed by atoms with E-state index in [4.69, 9.17) is 4.74 Å². The highest BCUT2D eigenvalue weighted by molar-refractivity contribution is 5.76. The lowest BCUT2D eigenvalue weighted by atomic mass is 9.86. The molecule has 0 bridgehead atoms. The highest BCUT2D eigenvalue weighted by atomic mass is 19.1. The molecule has 8 nitrogen and oxygen atoms in total. The third-order valence-corrected chi connectivity index (χ3v) is 6.45. The average molecular weight is 392 g/mol. The zero-order valence-electron chi connectivity index (χ0n) is 16.7. The van der Waals surface area contributed by atoms with Gasteiger partial charge in [0, 0.05) is 58.3 Å². The summed E-state index contributed by atoms with van der Waals surface area (Å²) in [5.41, 5.74) is -0.0878. The molecule has 0 N–H and O–H groups in total. The van der Waals surface area contributed by atoms with Gasteiger partial charge in [0.05, 0.1) is 19.4 Å². The lowest BCUT2D eigenvalue weighted by Crippen LogP contribution is -2.61. The van der Waals surface area contributed by atoms with Crippen LogP contribution in [-0.2, 0) is 9.53 Å². The maximum atomic E-state index is 14.4. The van der Waals surface area contributed by atoms with Gasteiger partial charge in [-0.2, -0.15) is 4.98 Å². The van der Waals surface area contributed by atoms with Crippen LogP contribution in [0.15, 0.2) is 6.20 Å². The number of anilines is 2. The van der Waals surface area contributed by atoms with Gasteiger partial charge in [0.2, 0.25) is 11.9 Å². The Kier molecular flexibility index (Phi) is 5.37. The number of piperazine rings is 1. The number of aromatic nitrogens is 2. The van der Waals surface area contributed by atoms with E-state index in [1.54, 1.807) is 0 Å². The summed E-state index contributed by atoms with van der Waals surface area (Å²) < 4.78 is 19.8. The van der Waals surface area contributed by atoms with Crippen molar-refractivity contribution in [3.8, 4) is 0 Å². The van der Waals surface area contributed by atoms with Crippen LogP contribution in [0.1, 0.15) is 19.3 Å². The van der Waals surface area contributed by atoms with Crippen LogP contribution in [0, 0.1) is 5.82 Å². The van der Waals surface area contributed by atoms with Crippen LogP contribution in [0.4, 0.5) is 16.2 Å². The molecule has 1 aromatic rings. The number of amides is 1. The number of hydrogen-bond acceptors (Lipinski definition) is 7. The van der Waals surface area contributed by atoms with Gasteiger partial charge in [0.25, 0.3) is 0 Å². The molecule has 28 heavy (non-hydrogen) atoms. The van der Waals surface area contributed by atoms with Gasteiger partial charge in [0.1, 0.15) is 0 Å². The van der Waals surface area contributed by atoms with Crippen molar-refractivity contribution in [2.45, 2.75) is 24.8 Å². The summed E-state index contributed by atoms with van der Waals surface area (Å²) in [6.45, 7) is 5.58. The Bertz CT molecular complexity index is 728. The van der Waals surface area contributed by atoms with Crippen molar-refractivity contribution >= 4 is 17.7 Å². The van der Waals surface area contributed by atoms with E-state index in [-0.39, 0.29) is 11.4 Å². The van der Waals surface area contributed by atoms with Crippen LogP contribution < -0.4 is 9.80 Å². The maximum Gasteiger partial charge on any atom is 0.227 e. The standard InChI is InChI=1S/C19H29FN6O2/c1-23-6-5-19(4-3-16(23)27)14-26(8-7-24(19)2)18-21-13-15(20)17(22-18)25-9-11-28-12-10-25/h13H,3-12,14H2,1-2H3/t19-/m1/s1. The van der Waals surface area contributed by atoms with Crippen molar-refractivity contribution in [1.82, 2.24) is 19.8 Å². The first-order valence-electron chi connectivity index (χ1n) is 10.0. The van der Waals surface area contributed by atoms with E-state index in [0.717, 1.165) is 39.0 Å². The number of halogens is 1. The van der Waals surface area contributed by atoms with E-state index in [2.05, 4.69) is 26.8 Å². The third kappa shape index (κ3) is 3.65. The van der Waals surface area contributed by atoms with Crippen molar-refractivity contribution < 1.29 is 13.9 Å². The number of carbonyl (C=O) groups is 1. The number of likely N-dealkylation sites (tertiary alicyclic amines) is 1. The van der Waals surface area contributed by atoms with Gasteiger partial charge < -0.3 is 19.4 Å². The fraction of sp³-hybridized carbons (Fsp3) is 0.737. The largest absolute Gasteiger partial charge is 0.378 e. The second-order valence-electron chi connectivity index (χ2n) is 8.07. The zero-order chi connectivity index (χ0) is 19.7. The van der Waals surface area contributed by atoms with Crippen LogP contribution in [-0.4, -0.2) is 97.8 Å². The molecule has 4 heterocycles. The highest BCUT2D eigenvalue weighted by Crippen LogP contribution is 2.33. The maximum absolute atomic E-state index is 14.4. The van der Waals surface area contributed by atoms with Gasteiger partial charge in [-0.25, -0.2) is 9.37 Å². The molecule has 0 aliphatic carbocycles. The topological polar surface area (TPSA) is 65.0 Å². The second kappa shape index (κ2) is 7.79. The van der Waals surface area contributed by atoms with E-state index < -0.39 is 5.82 Å². The molecule has 3 aliphatic rings. The van der Waals surface area contributed by atoms with Gasteiger partial charge in [0.15, 0.2) is 11.6 Å². The molecule has 3 fully saturated rings. The highest BCUT2D eigenvalue weighted by Gasteiger charge is 2.42. The van der Waals surface area contributed by atoms with E-state index in [1.807, 2.05) is 16.8 Å². The van der Waals surface area contributed by atoms with Crippen LogP contribution >= 0.6 is 0 Å². The van der Waals surface area contributed by atoms with E-state index in [1.165, 1.54) is 6.20 Å². The molecule has 0 radical (unpaired) electrons. The Morgan fingerprint density at radius 2 is 1.86 bits per heavy atom. The number of rotatable bonds is 2. The molecule has 3 saturated heterocycles. The Hall–Kier alpha value is -2.00. The summed E-state index contributed by atoms with van der Waals surface area (Å²) in [6.07, 6.45) is 3.57. The molecule has 3 aliphatic heterocycles. The number of hydrogen-bond donors (Lipinski definition) is 0.